The number of nitrogens with one attached hydrogen (secondary N) is 1. The van der Waals surface area contributed by atoms with Crippen molar-refractivity contribution < 1.29 is 4.74 Å². The maximum atomic E-state index is 5.36. The predicted octanol–water partition coefficient (Wildman–Crippen LogP) is 3.66. The largest absolute Gasteiger partial charge is 0.497 e. The quantitative estimate of drug-likeness (QED) is 0.858. The highest BCUT2D eigenvalue weighted by Gasteiger charge is 2.32. The molecule has 19 heavy (non-hydrogen) atoms. The van der Waals surface area contributed by atoms with Crippen molar-refractivity contribution in [1.29, 1.82) is 0 Å². The van der Waals surface area contributed by atoms with E-state index in [0.717, 1.165) is 18.2 Å². The summed E-state index contributed by atoms with van der Waals surface area (Å²) in [6, 6.07) is 6.99. The van der Waals surface area contributed by atoms with Gasteiger partial charge in [0.2, 0.25) is 0 Å². The maximum absolute atomic E-state index is 5.36. The molecule has 0 amide bonds. The second-order valence-electron chi connectivity index (χ2n) is 5.57. The Hall–Kier alpha value is -0.670. The summed E-state index contributed by atoms with van der Waals surface area (Å²) in [6.45, 7) is 7.78. The van der Waals surface area contributed by atoms with Crippen molar-refractivity contribution in [3.8, 4) is 5.75 Å². The van der Waals surface area contributed by atoms with Gasteiger partial charge in [0.15, 0.2) is 0 Å². The smallest absolute Gasteiger partial charge is 0.119 e. The van der Waals surface area contributed by atoms with Gasteiger partial charge in [-0.15, -0.1) is 0 Å². The van der Waals surface area contributed by atoms with Gasteiger partial charge in [-0.05, 0) is 47.9 Å². The fraction of sp³-hybridized carbons (Fsp3) is 0.625. The molecule has 0 spiro atoms. The van der Waals surface area contributed by atoms with Crippen LogP contribution in [0.3, 0.4) is 0 Å². The molecule has 1 aliphatic rings. The zero-order valence-electron chi connectivity index (χ0n) is 12.4. The van der Waals surface area contributed by atoms with Crippen molar-refractivity contribution in [2.75, 3.05) is 19.4 Å². The lowest BCUT2D eigenvalue weighted by molar-refractivity contribution is 0.413. The second kappa shape index (κ2) is 6.67. The van der Waals surface area contributed by atoms with Gasteiger partial charge < -0.3 is 10.1 Å². The predicted molar refractivity (Wildman–Crippen MR) is 84.2 cm³/mol. The third-order valence-electron chi connectivity index (χ3n) is 3.55. The van der Waals surface area contributed by atoms with Crippen LogP contribution in [0.2, 0.25) is 0 Å². The molecule has 1 aromatic rings. The summed E-state index contributed by atoms with van der Waals surface area (Å²) in [4.78, 5) is 0. The minimum atomic E-state index is 0.471. The third-order valence-corrected chi connectivity index (χ3v) is 5.27. The second-order valence-corrected chi connectivity index (χ2v) is 6.84. The zero-order chi connectivity index (χ0) is 13.8. The molecule has 0 bridgehead atoms. The monoisotopic (exact) mass is 279 g/mol. The molecule has 1 aliphatic carbocycles. The lowest BCUT2D eigenvalue weighted by atomic mass is 10.1. The number of ether oxygens (including phenoxy) is 1. The van der Waals surface area contributed by atoms with Gasteiger partial charge >= 0.3 is 0 Å². The van der Waals surface area contributed by atoms with Crippen molar-refractivity contribution in [3.05, 3.63) is 29.3 Å². The molecule has 2 atom stereocenters. The molecule has 2 rings (SSSR count). The summed E-state index contributed by atoms with van der Waals surface area (Å²) in [5.74, 6) is 2.96. The molecule has 2 unspecified atom stereocenters. The van der Waals surface area contributed by atoms with Crippen LogP contribution < -0.4 is 10.1 Å². The molecule has 0 aromatic heterocycles. The Bertz CT molecular complexity index is 419. The average molecular weight is 279 g/mol. The molecule has 3 heteroatoms. The van der Waals surface area contributed by atoms with E-state index < -0.39 is 0 Å². The third kappa shape index (κ3) is 3.46. The number of fused-ring (bicyclic) bond motifs is 1. The first-order chi connectivity index (χ1) is 9.15. The van der Waals surface area contributed by atoms with Crippen LogP contribution in [0.4, 0.5) is 0 Å². The summed E-state index contributed by atoms with van der Waals surface area (Å²) in [5.41, 5.74) is 2.91. The van der Waals surface area contributed by atoms with E-state index in [9.17, 15) is 0 Å². The van der Waals surface area contributed by atoms with Gasteiger partial charge in [0, 0.05) is 11.3 Å². The lowest BCUT2D eigenvalue weighted by Gasteiger charge is -2.22. The fourth-order valence-corrected chi connectivity index (χ4v) is 4.01. The number of rotatable bonds is 6. The Morgan fingerprint density at radius 2 is 2.21 bits per heavy atom. The lowest BCUT2D eigenvalue weighted by Crippen LogP contribution is -2.27. The van der Waals surface area contributed by atoms with E-state index in [1.54, 1.807) is 7.11 Å². The van der Waals surface area contributed by atoms with Gasteiger partial charge in [0.25, 0.3) is 0 Å². The normalized spacial score (nSPS) is 21.7. The van der Waals surface area contributed by atoms with Gasteiger partial charge in [-0.2, -0.15) is 11.8 Å². The molecule has 0 radical (unpaired) electrons. The molecule has 106 valence electrons. The van der Waals surface area contributed by atoms with E-state index in [2.05, 4.69) is 56.0 Å². The Labute approximate surface area is 121 Å². The van der Waals surface area contributed by atoms with Crippen LogP contribution in [0.25, 0.3) is 0 Å². The molecule has 0 heterocycles. The van der Waals surface area contributed by atoms with Crippen LogP contribution in [0.1, 0.15) is 37.9 Å². The summed E-state index contributed by atoms with van der Waals surface area (Å²) in [7, 11) is 1.74. The van der Waals surface area contributed by atoms with Crippen LogP contribution in [0, 0.1) is 5.92 Å². The molecule has 0 fully saturated rings. The zero-order valence-corrected chi connectivity index (χ0v) is 13.2. The van der Waals surface area contributed by atoms with Crippen molar-refractivity contribution in [1.82, 2.24) is 5.32 Å². The van der Waals surface area contributed by atoms with Gasteiger partial charge in [0.05, 0.1) is 7.11 Å². The first-order valence-electron chi connectivity index (χ1n) is 7.17. The highest BCUT2D eigenvalue weighted by molar-refractivity contribution is 7.99. The van der Waals surface area contributed by atoms with Crippen molar-refractivity contribution in [2.24, 2.45) is 5.92 Å². The van der Waals surface area contributed by atoms with Gasteiger partial charge in [-0.1, -0.05) is 26.8 Å². The number of thioether (sulfide) groups is 1. The summed E-state index contributed by atoms with van der Waals surface area (Å²) in [6.07, 6.45) is 1.17. The molecule has 0 aliphatic heterocycles. The van der Waals surface area contributed by atoms with Gasteiger partial charge in [-0.3, -0.25) is 0 Å². The number of hydrogen-bond acceptors (Lipinski definition) is 3. The first-order valence-corrected chi connectivity index (χ1v) is 8.22. The van der Waals surface area contributed by atoms with Crippen molar-refractivity contribution in [3.63, 3.8) is 0 Å². The van der Waals surface area contributed by atoms with E-state index >= 15 is 0 Å². The molecular formula is C16H25NOS. The van der Waals surface area contributed by atoms with Gasteiger partial charge in [-0.25, -0.2) is 0 Å². The van der Waals surface area contributed by atoms with Crippen LogP contribution in [-0.2, 0) is 6.42 Å². The van der Waals surface area contributed by atoms with Crippen LogP contribution >= 0.6 is 11.8 Å². The molecule has 0 saturated heterocycles. The minimum absolute atomic E-state index is 0.471. The van der Waals surface area contributed by atoms with E-state index in [1.165, 1.54) is 23.3 Å². The van der Waals surface area contributed by atoms with Crippen LogP contribution in [-0.4, -0.2) is 24.7 Å². The standard InChI is InChI=1S/C16H25NOS/c1-5-17-16-14-9-13(18-4)7-6-12(14)8-15(16)19-10-11(2)3/h6-7,9,11,15-17H,5,8,10H2,1-4H3. The Kier molecular flexibility index (Phi) is 5.17. The van der Waals surface area contributed by atoms with E-state index in [-0.39, 0.29) is 0 Å². The summed E-state index contributed by atoms with van der Waals surface area (Å²) < 4.78 is 5.36. The number of methoxy groups -OCH3 is 1. The Morgan fingerprint density at radius 3 is 2.84 bits per heavy atom. The SMILES string of the molecule is CCNC1c2cc(OC)ccc2CC1SCC(C)C. The number of hydrogen-bond donors (Lipinski definition) is 1. The Balaban J connectivity index is 2.16. The highest BCUT2D eigenvalue weighted by atomic mass is 32.2. The van der Waals surface area contributed by atoms with E-state index in [4.69, 9.17) is 4.74 Å². The van der Waals surface area contributed by atoms with E-state index in [0.29, 0.717) is 11.3 Å². The summed E-state index contributed by atoms with van der Waals surface area (Å²) in [5, 5.41) is 4.31. The average Bonchev–Trinajstić information content (AvgIpc) is 2.74. The fourth-order valence-electron chi connectivity index (χ4n) is 2.64. The first kappa shape index (κ1) is 14.7. The topological polar surface area (TPSA) is 21.3 Å². The molecular weight excluding hydrogens is 254 g/mol. The molecule has 1 N–H and O–H groups in total. The highest BCUT2D eigenvalue weighted by Crippen LogP contribution is 2.40. The van der Waals surface area contributed by atoms with Crippen molar-refractivity contribution >= 4 is 11.8 Å². The van der Waals surface area contributed by atoms with Crippen LogP contribution in [0.5, 0.6) is 5.75 Å². The molecule has 1 aromatic carbocycles. The summed E-state index contributed by atoms with van der Waals surface area (Å²) >= 11 is 2.11. The maximum Gasteiger partial charge on any atom is 0.119 e. The molecule has 0 saturated carbocycles. The van der Waals surface area contributed by atoms with Crippen molar-refractivity contribution in [2.45, 2.75) is 38.5 Å². The van der Waals surface area contributed by atoms with Crippen LogP contribution in [0.15, 0.2) is 18.2 Å². The van der Waals surface area contributed by atoms with E-state index in [1.807, 2.05) is 0 Å². The van der Waals surface area contributed by atoms with Gasteiger partial charge in [0.1, 0.15) is 5.75 Å². The Morgan fingerprint density at radius 1 is 1.42 bits per heavy atom. The minimum Gasteiger partial charge on any atom is -0.497 e. The molecule has 2 nitrogen and oxygen atoms in total. The number of benzene rings is 1.